The highest BCUT2D eigenvalue weighted by atomic mass is 127. The minimum absolute atomic E-state index is 0.815. The van der Waals surface area contributed by atoms with Crippen LogP contribution < -0.4 is 22.9 Å². The van der Waals surface area contributed by atoms with Crippen molar-refractivity contribution in [2.75, 3.05) is 22.9 Å². The fourth-order valence-corrected chi connectivity index (χ4v) is 5.37. The first-order valence-corrected chi connectivity index (χ1v) is 16.7. The third kappa shape index (κ3) is 12.9. The topological polar surface area (TPSA) is 104 Å². The van der Waals surface area contributed by atoms with Crippen molar-refractivity contribution in [3.8, 4) is 0 Å². The number of nitrogen functional groups attached to an aromatic ring is 4. The molecular formula is C28H30Br3I3N4. The molecule has 0 aromatic heterocycles. The van der Waals surface area contributed by atoms with Crippen LogP contribution in [0.4, 0.5) is 22.7 Å². The molecule has 0 heterocycles. The molecule has 0 saturated heterocycles. The van der Waals surface area contributed by atoms with Gasteiger partial charge < -0.3 is 22.9 Å². The van der Waals surface area contributed by atoms with Crippen molar-refractivity contribution >= 4 is 138 Å². The van der Waals surface area contributed by atoms with Gasteiger partial charge in [-0.3, -0.25) is 0 Å². The molecule has 38 heavy (non-hydrogen) atoms. The lowest BCUT2D eigenvalue weighted by Gasteiger charge is -2.01. The summed E-state index contributed by atoms with van der Waals surface area (Å²) in [4.78, 5) is 0. The summed E-state index contributed by atoms with van der Waals surface area (Å²) in [6, 6.07) is 19.9. The molecule has 0 bridgehead atoms. The molecule has 0 spiro atoms. The Balaban J connectivity index is 0.000000254. The highest BCUT2D eigenvalue weighted by Gasteiger charge is 1.99. The average molecular weight is 1040 g/mol. The fourth-order valence-electron chi connectivity index (χ4n) is 2.55. The number of anilines is 4. The predicted molar refractivity (Wildman–Crippen MR) is 204 cm³/mol. The Bertz CT molecular complexity index is 1180. The maximum Gasteiger partial charge on any atom is 0.0355 e. The first kappa shape index (κ1) is 35.7. The van der Waals surface area contributed by atoms with E-state index in [1.807, 2.05) is 82.3 Å². The number of nitrogens with two attached hydrogens (primary N) is 4. The van der Waals surface area contributed by atoms with E-state index in [1.165, 1.54) is 10.7 Å². The van der Waals surface area contributed by atoms with Crippen molar-refractivity contribution in [2.24, 2.45) is 0 Å². The summed E-state index contributed by atoms with van der Waals surface area (Å²) in [7, 11) is 0. The van der Waals surface area contributed by atoms with Gasteiger partial charge >= 0.3 is 0 Å². The van der Waals surface area contributed by atoms with Crippen molar-refractivity contribution < 1.29 is 0 Å². The van der Waals surface area contributed by atoms with Crippen molar-refractivity contribution in [2.45, 2.75) is 27.7 Å². The van der Waals surface area contributed by atoms with Crippen LogP contribution >= 0.6 is 116 Å². The first-order valence-electron chi connectivity index (χ1n) is 11.1. The smallest absolute Gasteiger partial charge is 0.0355 e. The summed E-state index contributed by atoms with van der Waals surface area (Å²) in [5.41, 5.74) is 30.5. The van der Waals surface area contributed by atoms with Crippen LogP contribution in [-0.2, 0) is 0 Å². The Morgan fingerprint density at radius 2 is 0.895 bits per heavy atom. The molecule has 0 aliphatic rings. The SMILES string of the molecule is Cc1cc(Br)c(Br)cc1N.Cc1cc(I)c(I)cc1N.Cc1ccc(Br)cc1N.Cc1ccc(I)cc1N. The van der Waals surface area contributed by atoms with Gasteiger partial charge in [0, 0.05) is 46.9 Å². The normalized spacial score (nSPS) is 9.74. The summed E-state index contributed by atoms with van der Waals surface area (Å²) in [5, 5.41) is 0. The average Bonchev–Trinajstić information content (AvgIpc) is 2.83. The molecule has 10 heteroatoms. The van der Waals surface area contributed by atoms with E-state index in [4.69, 9.17) is 22.9 Å². The maximum absolute atomic E-state index is 5.68. The lowest BCUT2D eigenvalue weighted by molar-refractivity contribution is 1.43. The fraction of sp³-hybridized carbons (Fsp3) is 0.143. The molecule has 4 aromatic rings. The molecule has 0 unspecified atom stereocenters. The van der Waals surface area contributed by atoms with Gasteiger partial charge in [-0.25, -0.2) is 0 Å². The predicted octanol–water partition coefficient (Wildman–Crippen LogP) is 10.4. The molecule has 0 fully saturated rings. The van der Waals surface area contributed by atoms with Gasteiger partial charge in [0.1, 0.15) is 0 Å². The zero-order chi connectivity index (χ0) is 29.2. The number of rotatable bonds is 0. The summed E-state index contributed by atoms with van der Waals surface area (Å²) in [6.45, 7) is 7.99. The van der Waals surface area contributed by atoms with E-state index < -0.39 is 0 Å². The zero-order valence-electron chi connectivity index (χ0n) is 21.4. The summed E-state index contributed by atoms with van der Waals surface area (Å²) >= 11 is 16.9. The summed E-state index contributed by atoms with van der Waals surface area (Å²) in [5.74, 6) is 0. The highest BCUT2D eigenvalue weighted by Crippen LogP contribution is 2.27. The van der Waals surface area contributed by atoms with E-state index in [2.05, 4.69) is 122 Å². The summed E-state index contributed by atoms with van der Waals surface area (Å²) < 4.78 is 6.75. The van der Waals surface area contributed by atoms with Crippen LogP contribution in [0, 0.1) is 38.4 Å². The largest absolute Gasteiger partial charge is 0.398 e. The number of hydrogen-bond acceptors (Lipinski definition) is 4. The van der Waals surface area contributed by atoms with Crippen LogP contribution in [0.3, 0.4) is 0 Å². The number of hydrogen-bond donors (Lipinski definition) is 4. The Kier molecular flexibility index (Phi) is 16.5. The zero-order valence-corrected chi connectivity index (χ0v) is 32.6. The molecule has 204 valence electrons. The van der Waals surface area contributed by atoms with Gasteiger partial charge in [0.05, 0.1) is 0 Å². The van der Waals surface area contributed by atoms with E-state index in [-0.39, 0.29) is 0 Å². The molecule has 4 rings (SSSR count). The maximum atomic E-state index is 5.68. The van der Waals surface area contributed by atoms with Gasteiger partial charge in [-0.15, -0.1) is 0 Å². The van der Waals surface area contributed by atoms with Crippen LogP contribution in [0.15, 0.2) is 74.1 Å². The molecule has 0 atom stereocenters. The van der Waals surface area contributed by atoms with Crippen LogP contribution in [0.25, 0.3) is 0 Å². The molecule has 4 nitrogen and oxygen atoms in total. The first-order chi connectivity index (χ1) is 17.6. The van der Waals surface area contributed by atoms with Crippen molar-refractivity contribution in [3.63, 3.8) is 0 Å². The second-order valence-electron chi connectivity index (χ2n) is 8.25. The van der Waals surface area contributed by atoms with Crippen molar-refractivity contribution in [1.29, 1.82) is 0 Å². The second kappa shape index (κ2) is 17.5. The van der Waals surface area contributed by atoms with Gasteiger partial charge in [0.15, 0.2) is 0 Å². The minimum Gasteiger partial charge on any atom is -0.398 e. The Labute approximate surface area is 292 Å². The molecule has 0 aliphatic carbocycles. The Morgan fingerprint density at radius 1 is 0.474 bits per heavy atom. The molecular weight excluding hydrogens is 1010 g/mol. The van der Waals surface area contributed by atoms with E-state index in [9.17, 15) is 0 Å². The van der Waals surface area contributed by atoms with Crippen molar-refractivity contribution in [1.82, 2.24) is 0 Å². The molecule has 0 radical (unpaired) electrons. The quantitative estimate of drug-likeness (QED) is 0.104. The molecule has 0 saturated carbocycles. The van der Waals surface area contributed by atoms with Crippen LogP contribution in [-0.4, -0.2) is 0 Å². The van der Waals surface area contributed by atoms with E-state index in [1.54, 1.807) is 0 Å². The van der Waals surface area contributed by atoms with Gasteiger partial charge in [-0.2, -0.15) is 0 Å². The third-order valence-electron chi connectivity index (χ3n) is 5.10. The molecule has 0 amide bonds. The monoisotopic (exact) mass is 1040 g/mol. The lowest BCUT2D eigenvalue weighted by atomic mass is 10.2. The van der Waals surface area contributed by atoms with Crippen LogP contribution in [0.5, 0.6) is 0 Å². The van der Waals surface area contributed by atoms with Gasteiger partial charge in [-0.05, 0) is 198 Å². The standard InChI is InChI=1S/C7H7Br2N.C7H8BrN.C7H7I2N.C7H8IN/c1-4-2-5(8)6(9)3-7(4)10;1-5-2-3-6(8)4-7(5)9;1-4-2-5(8)6(9)3-7(4)10;1-5-2-3-6(8)4-7(5)9/h2-3H,10H2,1H3;2-4H,9H2,1H3;2-3H,10H2,1H3;2-4H,9H2,1H3. The van der Waals surface area contributed by atoms with Crippen LogP contribution in [0.2, 0.25) is 0 Å². The van der Waals surface area contributed by atoms with E-state index >= 15 is 0 Å². The number of halogens is 6. The molecule has 4 aromatic carbocycles. The number of benzene rings is 4. The second-order valence-corrected chi connectivity index (χ2v) is 14.4. The van der Waals surface area contributed by atoms with E-state index in [0.29, 0.717) is 0 Å². The highest BCUT2D eigenvalue weighted by molar-refractivity contribution is 14.1. The van der Waals surface area contributed by atoms with Gasteiger partial charge in [0.25, 0.3) is 0 Å². The van der Waals surface area contributed by atoms with Gasteiger partial charge in [0.2, 0.25) is 0 Å². The van der Waals surface area contributed by atoms with E-state index in [0.717, 1.165) is 58.4 Å². The summed E-state index contributed by atoms with van der Waals surface area (Å²) in [6.07, 6.45) is 0. The Hall–Kier alpha value is -0.290. The minimum atomic E-state index is 0.815. The molecule has 0 aliphatic heterocycles. The third-order valence-corrected chi connectivity index (χ3v) is 10.9. The Morgan fingerprint density at radius 3 is 1.34 bits per heavy atom. The van der Waals surface area contributed by atoms with Crippen molar-refractivity contribution in [3.05, 3.63) is 107 Å². The van der Waals surface area contributed by atoms with Crippen LogP contribution in [0.1, 0.15) is 22.3 Å². The van der Waals surface area contributed by atoms with Gasteiger partial charge in [-0.1, -0.05) is 28.1 Å². The molecule has 8 N–H and O–H groups in total. The lowest BCUT2D eigenvalue weighted by Crippen LogP contribution is -1.91. The number of aryl methyl sites for hydroxylation is 4.